The van der Waals surface area contributed by atoms with Gasteiger partial charge in [-0.3, -0.25) is 9.59 Å². The van der Waals surface area contributed by atoms with Crippen molar-refractivity contribution in [2.24, 2.45) is 10.2 Å². The van der Waals surface area contributed by atoms with E-state index < -0.39 is 11.8 Å². The van der Waals surface area contributed by atoms with Crippen molar-refractivity contribution in [2.75, 3.05) is 0 Å². The second-order valence-corrected chi connectivity index (χ2v) is 10.2. The number of phenolic OH excluding ortho intramolecular Hbond substituents is 2. The lowest BCUT2D eigenvalue weighted by molar-refractivity contribution is -0.139. The van der Waals surface area contributed by atoms with Crippen LogP contribution in [0.4, 0.5) is 0 Å². The average Bonchev–Trinajstić information content (AvgIpc) is 2.95. The molecule has 0 aliphatic carbocycles. The van der Waals surface area contributed by atoms with Crippen LogP contribution in [0, 0.1) is 0 Å². The van der Waals surface area contributed by atoms with Crippen LogP contribution in [-0.2, 0) is 22.4 Å². The summed E-state index contributed by atoms with van der Waals surface area (Å²) in [6.45, 7) is 4.40. The Morgan fingerprint density at radius 3 is 1.40 bits per heavy atom. The molecule has 0 aliphatic rings. The number of nitrogens with zero attached hydrogens (tertiary/aromatic N) is 2. The summed E-state index contributed by atoms with van der Waals surface area (Å²) in [6, 6.07) is 10.6. The van der Waals surface area contributed by atoms with E-state index in [0.29, 0.717) is 11.1 Å². The molecule has 0 unspecified atom stereocenters. The fourth-order valence-electron chi connectivity index (χ4n) is 4.37. The quantitative estimate of drug-likeness (QED) is 0.0731. The van der Waals surface area contributed by atoms with E-state index in [1.54, 1.807) is 12.1 Å². The zero-order chi connectivity index (χ0) is 29.0. The fraction of sp³-hybridized carbons (Fsp3) is 0.500. The topological polar surface area (TPSA) is 123 Å². The number of carbonyl (C=O) groups is 2. The summed E-state index contributed by atoms with van der Waals surface area (Å²) in [7, 11) is 0. The van der Waals surface area contributed by atoms with Gasteiger partial charge in [0, 0.05) is 11.1 Å². The summed E-state index contributed by atoms with van der Waals surface area (Å²) < 4.78 is 0. The standard InChI is InChI=1S/C32H46N4O4/c1-3-5-7-9-11-13-15-25-17-19-29(37)27(21-25)23-33-35-31(39)32(40)36-34-24-28-22-26(18-20-30(28)38)16-14-12-10-8-6-4-2/h17-24,37-38H,3-16H2,1-2H3,(H,35,39)(H,36,40). The number of hydrogen-bond acceptors (Lipinski definition) is 6. The number of nitrogens with one attached hydrogen (secondary N) is 2. The molecule has 0 saturated carbocycles. The van der Waals surface area contributed by atoms with E-state index in [0.717, 1.165) is 36.8 Å². The SMILES string of the molecule is CCCCCCCCc1ccc(O)c(C=NNC(=O)C(=O)NN=Cc2cc(CCCCCCCC)ccc2O)c1. The molecule has 2 amide bonds. The summed E-state index contributed by atoms with van der Waals surface area (Å²) in [5.41, 5.74) is 7.35. The highest BCUT2D eigenvalue weighted by Crippen LogP contribution is 2.20. The highest BCUT2D eigenvalue weighted by atomic mass is 16.3. The molecule has 8 heteroatoms. The van der Waals surface area contributed by atoms with Gasteiger partial charge in [-0.25, -0.2) is 10.9 Å². The summed E-state index contributed by atoms with van der Waals surface area (Å²) in [5.74, 6) is -1.93. The summed E-state index contributed by atoms with van der Waals surface area (Å²) in [6.07, 6.45) is 18.9. The fourth-order valence-corrected chi connectivity index (χ4v) is 4.37. The van der Waals surface area contributed by atoms with Gasteiger partial charge in [0.1, 0.15) is 11.5 Å². The van der Waals surface area contributed by atoms with Crippen LogP contribution >= 0.6 is 0 Å². The van der Waals surface area contributed by atoms with Crippen LogP contribution in [0.3, 0.4) is 0 Å². The van der Waals surface area contributed by atoms with Gasteiger partial charge >= 0.3 is 11.8 Å². The van der Waals surface area contributed by atoms with Crippen molar-refractivity contribution in [2.45, 2.75) is 104 Å². The highest BCUT2D eigenvalue weighted by molar-refractivity contribution is 6.35. The van der Waals surface area contributed by atoms with E-state index in [2.05, 4.69) is 34.9 Å². The molecule has 218 valence electrons. The van der Waals surface area contributed by atoms with Gasteiger partial charge in [0.15, 0.2) is 0 Å². The van der Waals surface area contributed by atoms with Gasteiger partial charge < -0.3 is 10.2 Å². The number of benzene rings is 2. The van der Waals surface area contributed by atoms with E-state index in [1.165, 1.54) is 76.6 Å². The molecule has 0 heterocycles. The van der Waals surface area contributed by atoms with E-state index in [9.17, 15) is 19.8 Å². The summed E-state index contributed by atoms with van der Waals surface area (Å²) in [4.78, 5) is 24.2. The van der Waals surface area contributed by atoms with E-state index in [1.807, 2.05) is 24.3 Å². The Morgan fingerprint density at radius 1 is 0.625 bits per heavy atom. The molecule has 2 aromatic rings. The highest BCUT2D eigenvalue weighted by Gasteiger charge is 2.12. The molecule has 0 fully saturated rings. The van der Waals surface area contributed by atoms with Crippen LogP contribution in [0.25, 0.3) is 0 Å². The maximum atomic E-state index is 12.1. The molecule has 0 aromatic heterocycles. The van der Waals surface area contributed by atoms with E-state index in [-0.39, 0.29) is 11.5 Å². The van der Waals surface area contributed by atoms with Crippen LogP contribution in [0.5, 0.6) is 11.5 Å². The molecule has 40 heavy (non-hydrogen) atoms. The Morgan fingerprint density at radius 2 is 1.00 bits per heavy atom. The first kappa shape index (κ1) is 32.5. The van der Waals surface area contributed by atoms with Crippen LogP contribution < -0.4 is 10.9 Å². The van der Waals surface area contributed by atoms with Crippen LogP contribution in [0.1, 0.15) is 113 Å². The smallest absolute Gasteiger partial charge is 0.331 e. The lowest BCUT2D eigenvalue weighted by Crippen LogP contribution is -2.35. The third-order valence-electron chi connectivity index (χ3n) is 6.77. The molecule has 8 nitrogen and oxygen atoms in total. The first-order chi connectivity index (χ1) is 19.4. The van der Waals surface area contributed by atoms with Gasteiger partial charge in [-0.15, -0.1) is 0 Å². The normalized spacial score (nSPS) is 11.3. The molecule has 0 bridgehead atoms. The third-order valence-corrected chi connectivity index (χ3v) is 6.77. The van der Waals surface area contributed by atoms with Gasteiger partial charge in [-0.1, -0.05) is 90.2 Å². The van der Waals surface area contributed by atoms with Crippen LogP contribution in [0.2, 0.25) is 0 Å². The molecular formula is C32H46N4O4. The van der Waals surface area contributed by atoms with Crippen molar-refractivity contribution in [3.05, 3.63) is 58.7 Å². The van der Waals surface area contributed by atoms with Crippen LogP contribution in [0.15, 0.2) is 46.6 Å². The maximum Gasteiger partial charge on any atom is 0.331 e. The van der Waals surface area contributed by atoms with Crippen molar-refractivity contribution in [1.82, 2.24) is 10.9 Å². The monoisotopic (exact) mass is 550 g/mol. The van der Waals surface area contributed by atoms with Gasteiger partial charge in [0.05, 0.1) is 12.4 Å². The number of rotatable bonds is 18. The Hall–Kier alpha value is -3.68. The minimum absolute atomic E-state index is 0.0391. The molecule has 2 aromatic carbocycles. The second-order valence-electron chi connectivity index (χ2n) is 10.2. The lowest BCUT2D eigenvalue weighted by Gasteiger charge is -2.06. The van der Waals surface area contributed by atoms with Crippen LogP contribution in [-0.4, -0.2) is 34.5 Å². The lowest BCUT2D eigenvalue weighted by atomic mass is 10.0. The largest absolute Gasteiger partial charge is 0.507 e. The molecule has 0 aliphatic heterocycles. The minimum Gasteiger partial charge on any atom is -0.507 e. The van der Waals surface area contributed by atoms with Gasteiger partial charge in [-0.2, -0.15) is 10.2 Å². The summed E-state index contributed by atoms with van der Waals surface area (Å²) >= 11 is 0. The minimum atomic E-state index is -1.00. The van der Waals surface area contributed by atoms with Crippen molar-refractivity contribution < 1.29 is 19.8 Å². The summed E-state index contributed by atoms with van der Waals surface area (Å²) in [5, 5.41) is 27.8. The first-order valence-corrected chi connectivity index (χ1v) is 14.7. The number of phenols is 2. The number of aryl methyl sites for hydroxylation is 2. The first-order valence-electron chi connectivity index (χ1n) is 14.7. The number of hydrazone groups is 2. The predicted octanol–water partition coefficient (Wildman–Crippen LogP) is 6.50. The van der Waals surface area contributed by atoms with Crippen molar-refractivity contribution in [3.63, 3.8) is 0 Å². The van der Waals surface area contributed by atoms with Crippen molar-refractivity contribution in [1.29, 1.82) is 0 Å². The molecular weight excluding hydrogens is 504 g/mol. The zero-order valence-corrected chi connectivity index (χ0v) is 24.1. The molecule has 0 radical (unpaired) electrons. The molecule has 4 N–H and O–H groups in total. The van der Waals surface area contributed by atoms with Gasteiger partial charge in [0.25, 0.3) is 0 Å². The maximum absolute atomic E-state index is 12.1. The van der Waals surface area contributed by atoms with Gasteiger partial charge in [-0.05, 0) is 61.1 Å². The van der Waals surface area contributed by atoms with Crippen molar-refractivity contribution >= 4 is 24.2 Å². The number of carbonyl (C=O) groups excluding carboxylic acids is 2. The Bertz CT molecular complexity index is 1030. The van der Waals surface area contributed by atoms with Gasteiger partial charge in [0.2, 0.25) is 0 Å². The van der Waals surface area contributed by atoms with E-state index in [4.69, 9.17) is 0 Å². The Labute approximate surface area is 239 Å². The zero-order valence-electron chi connectivity index (χ0n) is 24.1. The third kappa shape index (κ3) is 12.9. The number of hydrogen-bond donors (Lipinski definition) is 4. The van der Waals surface area contributed by atoms with E-state index >= 15 is 0 Å². The molecule has 0 atom stereocenters. The molecule has 0 saturated heterocycles. The van der Waals surface area contributed by atoms with Crippen molar-refractivity contribution in [3.8, 4) is 11.5 Å². The predicted molar refractivity (Wildman–Crippen MR) is 162 cm³/mol. The molecule has 0 spiro atoms. The number of amides is 2. The average molecular weight is 551 g/mol. The Kier molecular flexibility index (Phi) is 15.8. The number of unbranched alkanes of at least 4 members (excludes halogenated alkanes) is 10. The number of aromatic hydroxyl groups is 2. The second kappa shape index (κ2) is 19.4. The Balaban J connectivity index is 1.80. The molecule has 2 rings (SSSR count).